The average molecular weight is 415 g/mol. The van der Waals surface area contributed by atoms with E-state index in [-0.39, 0.29) is 11.9 Å². The number of nitrogens with zero attached hydrogens (tertiary/aromatic N) is 5. The second-order valence-corrected chi connectivity index (χ2v) is 8.98. The summed E-state index contributed by atoms with van der Waals surface area (Å²) in [7, 11) is 0. The van der Waals surface area contributed by atoms with E-state index >= 15 is 0 Å². The van der Waals surface area contributed by atoms with Crippen LogP contribution in [0.4, 0.5) is 5.95 Å². The molecular formula is C19H22N6OS2. The standard InChI is InChI=1S/C19H22N6OS2/c1-12-13(2)28-18-16(12)17(22-11-23-18)27-10-15(26)24-14-4-8-25(9-5-14)19-20-6-3-7-21-19/h3,6-7,11,14H,4-5,8-10H2,1-2H3,(H,24,26). The fourth-order valence-corrected chi connectivity index (χ4v) is 5.27. The number of fused-ring (bicyclic) bond motifs is 1. The molecule has 3 aromatic heterocycles. The lowest BCUT2D eigenvalue weighted by molar-refractivity contribution is -0.119. The lowest BCUT2D eigenvalue weighted by Gasteiger charge is -2.32. The lowest BCUT2D eigenvalue weighted by Crippen LogP contribution is -2.45. The molecule has 0 aromatic carbocycles. The van der Waals surface area contributed by atoms with Crippen LogP contribution in [0.5, 0.6) is 0 Å². The first-order valence-corrected chi connectivity index (χ1v) is 11.1. The van der Waals surface area contributed by atoms with Crippen molar-refractivity contribution in [1.29, 1.82) is 0 Å². The first-order valence-electron chi connectivity index (χ1n) is 9.26. The average Bonchev–Trinajstić information content (AvgIpc) is 3.02. The summed E-state index contributed by atoms with van der Waals surface area (Å²) in [5, 5.41) is 5.13. The SMILES string of the molecule is Cc1sc2ncnc(SCC(=O)NC3CCN(c4ncccn4)CC3)c2c1C. The predicted octanol–water partition coefficient (Wildman–Crippen LogP) is 2.98. The Hall–Kier alpha value is -2.26. The van der Waals surface area contributed by atoms with Crippen molar-refractivity contribution < 1.29 is 4.79 Å². The van der Waals surface area contributed by atoms with E-state index < -0.39 is 0 Å². The van der Waals surface area contributed by atoms with Crippen LogP contribution in [0.2, 0.25) is 0 Å². The van der Waals surface area contributed by atoms with Crippen LogP contribution >= 0.6 is 23.1 Å². The van der Waals surface area contributed by atoms with Gasteiger partial charge in [-0.15, -0.1) is 11.3 Å². The van der Waals surface area contributed by atoms with Gasteiger partial charge in [-0.05, 0) is 38.3 Å². The van der Waals surface area contributed by atoms with Gasteiger partial charge in [-0.25, -0.2) is 19.9 Å². The topological polar surface area (TPSA) is 83.9 Å². The molecule has 1 N–H and O–H groups in total. The summed E-state index contributed by atoms with van der Waals surface area (Å²) in [5.41, 5.74) is 1.21. The highest BCUT2D eigenvalue weighted by atomic mass is 32.2. The van der Waals surface area contributed by atoms with Crippen LogP contribution in [0.15, 0.2) is 29.8 Å². The molecule has 28 heavy (non-hydrogen) atoms. The minimum Gasteiger partial charge on any atom is -0.353 e. The Morgan fingerprint density at radius 3 is 2.71 bits per heavy atom. The van der Waals surface area contributed by atoms with Gasteiger partial charge in [0.25, 0.3) is 0 Å². The summed E-state index contributed by atoms with van der Waals surface area (Å²) in [6.07, 6.45) is 6.90. The number of carbonyl (C=O) groups excluding carboxylic acids is 1. The first kappa shape index (κ1) is 19.1. The van der Waals surface area contributed by atoms with Gasteiger partial charge in [0.1, 0.15) is 16.2 Å². The molecule has 0 atom stereocenters. The second-order valence-electron chi connectivity index (χ2n) is 6.81. The van der Waals surface area contributed by atoms with Crippen LogP contribution in [-0.4, -0.2) is 50.7 Å². The molecule has 7 nitrogen and oxygen atoms in total. The Morgan fingerprint density at radius 2 is 1.96 bits per heavy atom. The van der Waals surface area contributed by atoms with E-state index in [0.29, 0.717) is 5.75 Å². The molecule has 0 saturated carbocycles. The molecule has 3 aromatic rings. The highest BCUT2D eigenvalue weighted by Crippen LogP contribution is 2.34. The molecule has 1 aliphatic rings. The summed E-state index contributed by atoms with van der Waals surface area (Å²) in [4.78, 5) is 34.2. The third-order valence-electron chi connectivity index (χ3n) is 4.97. The second kappa shape index (κ2) is 8.40. The number of amides is 1. The molecule has 0 aliphatic carbocycles. The smallest absolute Gasteiger partial charge is 0.230 e. The zero-order valence-corrected chi connectivity index (χ0v) is 17.5. The molecule has 146 valence electrons. The number of piperidine rings is 1. The third-order valence-corrected chi connectivity index (χ3v) is 7.07. The maximum absolute atomic E-state index is 12.5. The molecule has 1 saturated heterocycles. The highest BCUT2D eigenvalue weighted by Gasteiger charge is 2.22. The summed E-state index contributed by atoms with van der Waals surface area (Å²) in [5.74, 6) is 1.18. The molecule has 1 aliphatic heterocycles. The number of hydrogen-bond donors (Lipinski definition) is 1. The van der Waals surface area contributed by atoms with Crippen LogP contribution in [0.25, 0.3) is 10.2 Å². The van der Waals surface area contributed by atoms with Gasteiger partial charge >= 0.3 is 0 Å². The Kier molecular flexibility index (Phi) is 5.72. The van der Waals surface area contributed by atoms with Crippen LogP contribution in [0, 0.1) is 13.8 Å². The Bertz CT molecular complexity index is 969. The summed E-state index contributed by atoms with van der Waals surface area (Å²) in [6.45, 7) is 5.88. The quantitative estimate of drug-likeness (QED) is 0.507. The van der Waals surface area contributed by atoms with Gasteiger partial charge in [0.2, 0.25) is 11.9 Å². The van der Waals surface area contributed by atoms with Crippen molar-refractivity contribution in [2.75, 3.05) is 23.7 Å². The van der Waals surface area contributed by atoms with E-state index in [2.05, 4.69) is 44.0 Å². The van der Waals surface area contributed by atoms with Crippen molar-refractivity contribution in [1.82, 2.24) is 25.3 Å². The minimum absolute atomic E-state index is 0.0516. The van der Waals surface area contributed by atoms with Gasteiger partial charge in [-0.2, -0.15) is 0 Å². The van der Waals surface area contributed by atoms with Gasteiger partial charge in [0.15, 0.2) is 0 Å². The monoisotopic (exact) mass is 414 g/mol. The minimum atomic E-state index is 0.0516. The molecule has 4 heterocycles. The Labute approximate surface area is 172 Å². The van der Waals surface area contributed by atoms with Crippen molar-refractivity contribution in [3.63, 3.8) is 0 Å². The molecule has 0 bridgehead atoms. The molecule has 9 heteroatoms. The first-order chi connectivity index (χ1) is 13.6. The van der Waals surface area contributed by atoms with Crippen LogP contribution in [0.1, 0.15) is 23.3 Å². The summed E-state index contributed by atoms with van der Waals surface area (Å²) >= 11 is 3.16. The van der Waals surface area contributed by atoms with Crippen molar-refractivity contribution in [3.05, 3.63) is 35.2 Å². The largest absolute Gasteiger partial charge is 0.353 e. The molecule has 4 rings (SSSR count). The molecule has 0 radical (unpaired) electrons. The number of aryl methyl sites for hydroxylation is 2. The number of carbonyl (C=O) groups is 1. The Morgan fingerprint density at radius 1 is 1.21 bits per heavy atom. The van der Waals surface area contributed by atoms with Gasteiger partial charge in [-0.1, -0.05) is 11.8 Å². The number of aromatic nitrogens is 4. The molecule has 0 unspecified atom stereocenters. The van der Waals surface area contributed by atoms with Crippen molar-refractivity contribution in [3.8, 4) is 0 Å². The van der Waals surface area contributed by atoms with Crippen molar-refractivity contribution in [2.45, 2.75) is 37.8 Å². The number of thioether (sulfide) groups is 1. The number of anilines is 1. The zero-order valence-electron chi connectivity index (χ0n) is 15.9. The molecule has 1 fully saturated rings. The molecular weight excluding hydrogens is 392 g/mol. The van der Waals surface area contributed by atoms with Crippen molar-refractivity contribution >= 4 is 45.2 Å². The normalized spacial score (nSPS) is 15.1. The highest BCUT2D eigenvalue weighted by molar-refractivity contribution is 8.00. The Balaban J connectivity index is 1.30. The summed E-state index contributed by atoms with van der Waals surface area (Å²) < 4.78 is 0. The summed E-state index contributed by atoms with van der Waals surface area (Å²) in [6, 6.07) is 2.02. The number of rotatable bonds is 5. The lowest BCUT2D eigenvalue weighted by atomic mass is 10.1. The van der Waals surface area contributed by atoms with E-state index in [1.807, 2.05) is 6.07 Å². The van der Waals surface area contributed by atoms with E-state index in [1.165, 1.54) is 22.2 Å². The van der Waals surface area contributed by atoms with Gasteiger partial charge in [-0.3, -0.25) is 4.79 Å². The van der Waals surface area contributed by atoms with Crippen molar-refractivity contribution in [2.24, 2.45) is 0 Å². The van der Waals surface area contributed by atoms with Gasteiger partial charge < -0.3 is 10.2 Å². The van der Waals surface area contributed by atoms with Gasteiger partial charge in [0.05, 0.1) is 5.75 Å². The number of nitrogens with one attached hydrogen (secondary N) is 1. The fourth-order valence-electron chi connectivity index (χ4n) is 3.34. The number of thiophene rings is 1. The van der Waals surface area contributed by atoms with E-state index in [1.54, 1.807) is 30.1 Å². The van der Waals surface area contributed by atoms with E-state index in [9.17, 15) is 4.79 Å². The third kappa shape index (κ3) is 4.10. The number of hydrogen-bond acceptors (Lipinski definition) is 8. The van der Waals surface area contributed by atoms with Crippen LogP contribution < -0.4 is 10.2 Å². The molecule has 0 spiro atoms. The molecule has 1 amide bonds. The maximum atomic E-state index is 12.5. The van der Waals surface area contributed by atoms with Gasteiger partial charge in [0, 0.05) is 41.8 Å². The van der Waals surface area contributed by atoms with E-state index in [0.717, 1.165) is 47.1 Å². The van der Waals surface area contributed by atoms with E-state index in [4.69, 9.17) is 0 Å². The predicted molar refractivity (Wildman–Crippen MR) is 113 cm³/mol. The van der Waals surface area contributed by atoms with Crippen LogP contribution in [-0.2, 0) is 4.79 Å². The van der Waals surface area contributed by atoms with Crippen LogP contribution in [0.3, 0.4) is 0 Å². The zero-order chi connectivity index (χ0) is 19.5. The fraction of sp³-hybridized carbons (Fsp3) is 0.421. The maximum Gasteiger partial charge on any atom is 0.230 e.